The summed E-state index contributed by atoms with van der Waals surface area (Å²) < 4.78 is 39.8. The van der Waals surface area contributed by atoms with Gasteiger partial charge in [-0.15, -0.1) is 0 Å². The van der Waals surface area contributed by atoms with Crippen LogP contribution in [0, 0.1) is 6.92 Å². The summed E-state index contributed by atoms with van der Waals surface area (Å²) in [5.41, 5.74) is 0.799. The molecule has 1 N–H and O–H groups in total. The quantitative estimate of drug-likeness (QED) is 0.920. The highest BCUT2D eigenvalue weighted by Crippen LogP contribution is 2.23. The summed E-state index contributed by atoms with van der Waals surface area (Å²) in [6, 6.07) is 1.13. The van der Waals surface area contributed by atoms with Crippen LogP contribution < -0.4 is 5.32 Å². The molecule has 1 aliphatic rings. The van der Waals surface area contributed by atoms with Gasteiger partial charge in [0.25, 0.3) is 5.91 Å². The highest BCUT2D eigenvalue weighted by Gasteiger charge is 2.38. The lowest BCUT2D eigenvalue weighted by Crippen LogP contribution is -2.50. The van der Waals surface area contributed by atoms with Gasteiger partial charge in [0.2, 0.25) is 0 Å². The fraction of sp³-hybridized carbons (Fsp3) is 0.692. The van der Waals surface area contributed by atoms with Crippen LogP contribution in [0.3, 0.4) is 0 Å². The lowest BCUT2D eigenvalue weighted by Gasteiger charge is -2.35. The van der Waals surface area contributed by atoms with E-state index in [2.05, 4.69) is 10.4 Å². The van der Waals surface area contributed by atoms with E-state index in [4.69, 9.17) is 0 Å². The number of aryl methyl sites for hydroxylation is 2. The standard InChI is InChI=1S/C13H19F3N4O/c1-9-7-11(19(2)18-9)12(21)20(8-13(14,15)16)10-3-5-17-6-4-10/h7,10,17H,3-6,8H2,1-2H3. The number of aromatic nitrogens is 2. The average Bonchev–Trinajstić information content (AvgIpc) is 2.74. The lowest BCUT2D eigenvalue weighted by molar-refractivity contribution is -0.145. The Morgan fingerprint density at radius 3 is 2.57 bits per heavy atom. The Labute approximate surface area is 121 Å². The molecule has 2 heterocycles. The molecule has 0 atom stereocenters. The normalized spacial score (nSPS) is 17.0. The van der Waals surface area contributed by atoms with Crippen LogP contribution >= 0.6 is 0 Å². The van der Waals surface area contributed by atoms with Gasteiger partial charge >= 0.3 is 6.18 Å². The van der Waals surface area contributed by atoms with E-state index in [9.17, 15) is 18.0 Å². The Balaban J connectivity index is 2.25. The summed E-state index contributed by atoms with van der Waals surface area (Å²) in [6.45, 7) is 1.73. The van der Waals surface area contributed by atoms with Crippen LogP contribution in [0.25, 0.3) is 0 Å². The Morgan fingerprint density at radius 2 is 2.10 bits per heavy atom. The van der Waals surface area contributed by atoms with E-state index in [0.29, 0.717) is 31.6 Å². The molecule has 1 amide bonds. The van der Waals surface area contributed by atoms with Crippen molar-refractivity contribution in [1.29, 1.82) is 0 Å². The summed E-state index contributed by atoms with van der Waals surface area (Å²) in [7, 11) is 1.56. The molecule has 8 heteroatoms. The van der Waals surface area contributed by atoms with Crippen molar-refractivity contribution in [1.82, 2.24) is 20.0 Å². The summed E-state index contributed by atoms with van der Waals surface area (Å²) in [5, 5.41) is 7.12. The maximum absolute atomic E-state index is 12.8. The van der Waals surface area contributed by atoms with E-state index in [-0.39, 0.29) is 5.69 Å². The summed E-state index contributed by atoms with van der Waals surface area (Å²) >= 11 is 0. The number of carbonyl (C=O) groups excluding carboxylic acids is 1. The fourth-order valence-corrected chi connectivity index (χ4v) is 2.64. The highest BCUT2D eigenvalue weighted by atomic mass is 19.4. The maximum Gasteiger partial charge on any atom is 0.406 e. The fourth-order valence-electron chi connectivity index (χ4n) is 2.64. The van der Waals surface area contributed by atoms with Crippen molar-refractivity contribution in [2.24, 2.45) is 7.05 Å². The molecule has 21 heavy (non-hydrogen) atoms. The van der Waals surface area contributed by atoms with E-state index in [1.807, 2.05) is 0 Å². The lowest BCUT2D eigenvalue weighted by atomic mass is 10.0. The second-order valence-electron chi connectivity index (χ2n) is 5.32. The smallest absolute Gasteiger partial charge is 0.325 e. The van der Waals surface area contributed by atoms with Crippen molar-refractivity contribution in [3.05, 3.63) is 17.5 Å². The zero-order valence-corrected chi connectivity index (χ0v) is 12.1. The Bertz CT molecular complexity index is 506. The first-order valence-corrected chi connectivity index (χ1v) is 6.87. The maximum atomic E-state index is 12.8. The van der Waals surface area contributed by atoms with E-state index in [1.54, 1.807) is 14.0 Å². The van der Waals surface area contributed by atoms with Crippen molar-refractivity contribution in [3.63, 3.8) is 0 Å². The molecule has 2 rings (SSSR count). The molecular formula is C13H19F3N4O. The molecular weight excluding hydrogens is 285 g/mol. The highest BCUT2D eigenvalue weighted by molar-refractivity contribution is 5.93. The Morgan fingerprint density at radius 1 is 1.48 bits per heavy atom. The van der Waals surface area contributed by atoms with Crippen molar-refractivity contribution in [2.45, 2.75) is 32.0 Å². The number of nitrogens with one attached hydrogen (secondary N) is 1. The van der Waals surface area contributed by atoms with Gasteiger partial charge in [-0.2, -0.15) is 18.3 Å². The van der Waals surface area contributed by atoms with Gasteiger partial charge in [-0.05, 0) is 38.9 Å². The average molecular weight is 304 g/mol. The number of hydrogen-bond donors (Lipinski definition) is 1. The van der Waals surface area contributed by atoms with E-state index < -0.39 is 24.7 Å². The minimum atomic E-state index is -4.41. The molecule has 1 saturated heterocycles. The van der Waals surface area contributed by atoms with Crippen LogP contribution in [-0.2, 0) is 7.05 Å². The number of halogens is 3. The van der Waals surface area contributed by atoms with Gasteiger partial charge in [-0.25, -0.2) is 0 Å². The SMILES string of the molecule is Cc1cc(C(=O)N(CC(F)(F)F)C2CCNCC2)n(C)n1. The first-order chi connectivity index (χ1) is 9.78. The molecule has 118 valence electrons. The molecule has 0 aromatic carbocycles. The molecule has 0 aliphatic carbocycles. The molecule has 0 unspecified atom stereocenters. The predicted octanol–water partition coefficient (Wildman–Crippen LogP) is 1.49. The van der Waals surface area contributed by atoms with Crippen LogP contribution in [0.5, 0.6) is 0 Å². The van der Waals surface area contributed by atoms with E-state index in [1.165, 1.54) is 10.7 Å². The van der Waals surface area contributed by atoms with E-state index >= 15 is 0 Å². The zero-order chi connectivity index (χ0) is 15.6. The Hall–Kier alpha value is -1.57. The van der Waals surface area contributed by atoms with Gasteiger partial charge in [0.15, 0.2) is 0 Å². The molecule has 1 aromatic heterocycles. The number of nitrogens with zero attached hydrogens (tertiary/aromatic N) is 3. The van der Waals surface area contributed by atoms with Crippen LogP contribution in [0.15, 0.2) is 6.07 Å². The molecule has 1 aromatic rings. The zero-order valence-electron chi connectivity index (χ0n) is 12.1. The predicted molar refractivity (Wildman–Crippen MR) is 70.9 cm³/mol. The Kier molecular flexibility index (Phi) is 4.55. The first-order valence-electron chi connectivity index (χ1n) is 6.87. The van der Waals surface area contributed by atoms with Gasteiger partial charge in [-0.3, -0.25) is 9.48 Å². The molecule has 1 fully saturated rings. The number of carbonyl (C=O) groups is 1. The topological polar surface area (TPSA) is 50.2 Å². The first kappa shape index (κ1) is 15.8. The van der Waals surface area contributed by atoms with Crippen molar-refractivity contribution in [2.75, 3.05) is 19.6 Å². The number of hydrogen-bond acceptors (Lipinski definition) is 3. The van der Waals surface area contributed by atoms with Crippen LogP contribution in [0.2, 0.25) is 0 Å². The summed E-state index contributed by atoms with van der Waals surface area (Å²) in [4.78, 5) is 13.4. The van der Waals surface area contributed by atoms with Gasteiger partial charge < -0.3 is 10.2 Å². The second-order valence-corrected chi connectivity index (χ2v) is 5.32. The number of alkyl halides is 3. The number of piperidine rings is 1. The largest absolute Gasteiger partial charge is 0.406 e. The van der Waals surface area contributed by atoms with Crippen LogP contribution in [0.1, 0.15) is 29.0 Å². The third-order valence-corrected chi connectivity index (χ3v) is 3.58. The number of amides is 1. The summed E-state index contributed by atoms with van der Waals surface area (Å²) in [6.07, 6.45) is -3.36. The van der Waals surface area contributed by atoms with Crippen molar-refractivity contribution >= 4 is 5.91 Å². The molecule has 0 spiro atoms. The van der Waals surface area contributed by atoms with Crippen molar-refractivity contribution < 1.29 is 18.0 Å². The van der Waals surface area contributed by atoms with Gasteiger partial charge in [0.1, 0.15) is 12.2 Å². The molecule has 0 radical (unpaired) electrons. The summed E-state index contributed by atoms with van der Waals surface area (Å²) in [5.74, 6) is -0.609. The molecule has 0 saturated carbocycles. The van der Waals surface area contributed by atoms with Crippen LogP contribution in [0.4, 0.5) is 13.2 Å². The minimum Gasteiger partial charge on any atom is -0.325 e. The monoisotopic (exact) mass is 304 g/mol. The van der Waals surface area contributed by atoms with Gasteiger partial charge in [-0.1, -0.05) is 0 Å². The third-order valence-electron chi connectivity index (χ3n) is 3.58. The third kappa shape index (κ3) is 3.96. The van der Waals surface area contributed by atoms with Gasteiger partial charge in [0.05, 0.1) is 5.69 Å². The van der Waals surface area contributed by atoms with Gasteiger partial charge in [0, 0.05) is 13.1 Å². The second kappa shape index (κ2) is 6.05. The number of rotatable bonds is 3. The van der Waals surface area contributed by atoms with Crippen LogP contribution in [-0.4, -0.2) is 52.4 Å². The minimum absolute atomic E-state index is 0.190. The molecule has 1 aliphatic heterocycles. The molecule has 0 bridgehead atoms. The van der Waals surface area contributed by atoms with E-state index in [0.717, 1.165) is 4.90 Å². The van der Waals surface area contributed by atoms with Crippen molar-refractivity contribution in [3.8, 4) is 0 Å². The molecule has 5 nitrogen and oxygen atoms in total.